The zero-order chi connectivity index (χ0) is 14.5. The summed E-state index contributed by atoms with van der Waals surface area (Å²) < 4.78 is 18.0. The van der Waals surface area contributed by atoms with E-state index in [0.29, 0.717) is 19.6 Å². The Bertz CT molecular complexity index is 435. The van der Waals surface area contributed by atoms with Crippen molar-refractivity contribution in [2.24, 2.45) is 5.73 Å². The second kappa shape index (κ2) is 6.52. The fourth-order valence-corrected chi connectivity index (χ4v) is 1.64. The van der Waals surface area contributed by atoms with Crippen LogP contribution in [0.15, 0.2) is 24.3 Å². The van der Waals surface area contributed by atoms with Gasteiger partial charge in [-0.25, -0.2) is 4.39 Å². The number of esters is 1. The number of carbonyl (C=O) groups excluding carboxylic acids is 1. The van der Waals surface area contributed by atoms with E-state index in [-0.39, 0.29) is 5.82 Å². The van der Waals surface area contributed by atoms with E-state index in [4.69, 9.17) is 10.5 Å². The molecule has 0 aliphatic carbocycles. The van der Waals surface area contributed by atoms with Crippen LogP contribution in [0.2, 0.25) is 0 Å². The van der Waals surface area contributed by atoms with Crippen molar-refractivity contribution in [3.05, 3.63) is 30.1 Å². The second-order valence-corrected chi connectivity index (χ2v) is 4.79. The average molecular weight is 268 g/mol. The highest BCUT2D eigenvalue weighted by Crippen LogP contribution is 2.16. The second-order valence-electron chi connectivity index (χ2n) is 4.79. The highest BCUT2D eigenvalue weighted by Gasteiger charge is 2.29. The molecule has 0 aliphatic heterocycles. The van der Waals surface area contributed by atoms with Crippen molar-refractivity contribution < 1.29 is 13.9 Å². The molecule has 0 amide bonds. The highest BCUT2D eigenvalue weighted by molar-refractivity contribution is 5.80. The summed E-state index contributed by atoms with van der Waals surface area (Å²) in [6.45, 7) is 4.23. The lowest BCUT2D eigenvalue weighted by Crippen LogP contribution is -2.48. The molecule has 0 bridgehead atoms. The molecular weight excluding hydrogens is 247 g/mol. The third-order valence-corrected chi connectivity index (χ3v) is 2.96. The van der Waals surface area contributed by atoms with Crippen LogP contribution in [0.25, 0.3) is 0 Å². The third-order valence-electron chi connectivity index (χ3n) is 2.96. The van der Waals surface area contributed by atoms with Gasteiger partial charge in [0, 0.05) is 19.3 Å². The van der Waals surface area contributed by atoms with Crippen LogP contribution in [-0.4, -0.2) is 31.7 Å². The zero-order valence-corrected chi connectivity index (χ0v) is 11.6. The van der Waals surface area contributed by atoms with Crippen molar-refractivity contribution in [3.63, 3.8) is 0 Å². The van der Waals surface area contributed by atoms with Gasteiger partial charge in [-0.15, -0.1) is 0 Å². The van der Waals surface area contributed by atoms with E-state index in [1.807, 2.05) is 11.9 Å². The van der Waals surface area contributed by atoms with Gasteiger partial charge in [-0.1, -0.05) is 6.07 Å². The highest BCUT2D eigenvalue weighted by atomic mass is 19.1. The minimum atomic E-state index is -1.03. The van der Waals surface area contributed by atoms with E-state index in [1.54, 1.807) is 26.0 Å². The molecule has 0 saturated heterocycles. The summed E-state index contributed by atoms with van der Waals surface area (Å²) in [6, 6.07) is 6.29. The molecule has 0 fully saturated rings. The standard InChI is InChI=1S/C14H21FN2O2/c1-4-19-13(18)14(2,16)8-9-17(3)12-7-5-6-11(15)10-12/h5-7,10H,4,8-9,16H2,1-3H3. The van der Waals surface area contributed by atoms with Crippen LogP contribution in [-0.2, 0) is 9.53 Å². The van der Waals surface area contributed by atoms with Crippen molar-refractivity contribution in [3.8, 4) is 0 Å². The van der Waals surface area contributed by atoms with Crippen LogP contribution in [0.4, 0.5) is 10.1 Å². The van der Waals surface area contributed by atoms with E-state index in [1.165, 1.54) is 12.1 Å². The fraction of sp³-hybridized carbons (Fsp3) is 0.500. The van der Waals surface area contributed by atoms with Gasteiger partial charge >= 0.3 is 5.97 Å². The molecule has 1 aromatic rings. The molecule has 1 aromatic carbocycles. The quantitative estimate of drug-likeness (QED) is 0.801. The van der Waals surface area contributed by atoms with Crippen molar-refractivity contribution in [2.75, 3.05) is 25.1 Å². The minimum absolute atomic E-state index is 0.287. The molecular formula is C14H21FN2O2. The smallest absolute Gasteiger partial charge is 0.325 e. The van der Waals surface area contributed by atoms with Gasteiger partial charge in [-0.2, -0.15) is 0 Å². The molecule has 0 aromatic heterocycles. The van der Waals surface area contributed by atoms with Crippen LogP contribution < -0.4 is 10.6 Å². The number of hydrogen-bond acceptors (Lipinski definition) is 4. The molecule has 1 atom stereocenters. The summed E-state index contributed by atoms with van der Waals surface area (Å²) in [4.78, 5) is 13.5. The average Bonchev–Trinajstić information content (AvgIpc) is 2.36. The van der Waals surface area contributed by atoms with Crippen molar-refractivity contribution >= 4 is 11.7 Å². The van der Waals surface area contributed by atoms with Crippen LogP contribution in [0.1, 0.15) is 20.3 Å². The van der Waals surface area contributed by atoms with E-state index in [0.717, 1.165) is 5.69 Å². The number of hydrogen-bond donors (Lipinski definition) is 1. The minimum Gasteiger partial charge on any atom is -0.465 e. The molecule has 106 valence electrons. The number of halogens is 1. The first-order valence-corrected chi connectivity index (χ1v) is 6.29. The summed E-state index contributed by atoms with van der Waals surface area (Å²) in [5, 5.41) is 0. The maximum Gasteiger partial charge on any atom is 0.325 e. The molecule has 1 unspecified atom stereocenters. The predicted octanol–water partition coefficient (Wildman–Crippen LogP) is 1.93. The first-order chi connectivity index (χ1) is 8.86. The third kappa shape index (κ3) is 4.52. The Morgan fingerprint density at radius 2 is 2.21 bits per heavy atom. The van der Waals surface area contributed by atoms with E-state index in [9.17, 15) is 9.18 Å². The Balaban J connectivity index is 2.58. The van der Waals surface area contributed by atoms with Crippen molar-refractivity contribution in [1.29, 1.82) is 0 Å². The van der Waals surface area contributed by atoms with Gasteiger partial charge in [-0.05, 0) is 38.5 Å². The van der Waals surface area contributed by atoms with E-state index >= 15 is 0 Å². The molecule has 0 saturated carbocycles. The summed E-state index contributed by atoms with van der Waals surface area (Å²) in [7, 11) is 1.83. The Hall–Kier alpha value is -1.62. The van der Waals surface area contributed by atoms with E-state index < -0.39 is 11.5 Å². The zero-order valence-electron chi connectivity index (χ0n) is 11.6. The Labute approximate surface area is 113 Å². The summed E-state index contributed by atoms with van der Waals surface area (Å²) in [5.41, 5.74) is 5.65. The lowest BCUT2D eigenvalue weighted by molar-refractivity contribution is -0.149. The maximum absolute atomic E-state index is 13.1. The molecule has 5 heteroatoms. The van der Waals surface area contributed by atoms with Crippen molar-refractivity contribution in [1.82, 2.24) is 0 Å². The molecule has 0 aliphatic rings. The van der Waals surface area contributed by atoms with E-state index in [2.05, 4.69) is 0 Å². The van der Waals surface area contributed by atoms with Crippen molar-refractivity contribution in [2.45, 2.75) is 25.8 Å². The van der Waals surface area contributed by atoms with Crippen LogP contribution in [0.3, 0.4) is 0 Å². The number of nitrogens with two attached hydrogens (primary N) is 1. The topological polar surface area (TPSA) is 55.6 Å². The predicted molar refractivity (Wildman–Crippen MR) is 73.5 cm³/mol. The fourth-order valence-electron chi connectivity index (χ4n) is 1.64. The SMILES string of the molecule is CCOC(=O)C(C)(N)CCN(C)c1cccc(F)c1. The van der Waals surface area contributed by atoms with Crippen LogP contribution in [0, 0.1) is 5.82 Å². The number of carbonyl (C=O) groups is 1. The number of nitrogens with zero attached hydrogens (tertiary/aromatic N) is 1. The first kappa shape index (κ1) is 15.4. The first-order valence-electron chi connectivity index (χ1n) is 6.29. The van der Waals surface area contributed by atoms with Gasteiger partial charge in [0.2, 0.25) is 0 Å². The largest absolute Gasteiger partial charge is 0.465 e. The normalized spacial score (nSPS) is 13.7. The summed E-state index contributed by atoms with van der Waals surface area (Å²) in [6.07, 6.45) is 0.429. The number of anilines is 1. The van der Waals surface area contributed by atoms with Gasteiger partial charge in [0.1, 0.15) is 11.4 Å². The summed E-state index contributed by atoms with van der Waals surface area (Å²) >= 11 is 0. The van der Waals surface area contributed by atoms with Gasteiger partial charge in [0.25, 0.3) is 0 Å². The van der Waals surface area contributed by atoms with Crippen LogP contribution >= 0.6 is 0 Å². The number of rotatable bonds is 6. The Morgan fingerprint density at radius 1 is 1.53 bits per heavy atom. The molecule has 0 heterocycles. The molecule has 2 N–H and O–H groups in total. The van der Waals surface area contributed by atoms with Gasteiger partial charge in [0.15, 0.2) is 0 Å². The van der Waals surface area contributed by atoms with Gasteiger partial charge < -0.3 is 15.4 Å². The molecule has 19 heavy (non-hydrogen) atoms. The van der Waals surface area contributed by atoms with Gasteiger partial charge in [-0.3, -0.25) is 4.79 Å². The van der Waals surface area contributed by atoms with Crippen LogP contribution in [0.5, 0.6) is 0 Å². The monoisotopic (exact) mass is 268 g/mol. The lowest BCUT2D eigenvalue weighted by Gasteiger charge is -2.26. The molecule has 0 spiro atoms. The molecule has 1 rings (SSSR count). The molecule has 0 radical (unpaired) electrons. The molecule has 4 nitrogen and oxygen atoms in total. The maximum atomic E-state index is 13.1. The lowest BCUT2D eigenvalue weighted by atomic mass is 9.99. The summed E-state index contributed by atoms with van der Waals surface area (Å²) in [5.74, 6) is -0.701. The number of benzene rings is 1. The Morgan fingerprint density at radius 3 is 2.79 bits per heavy atom. The Kier molecular flexibility index (Phi) is 5.30. The number of ether oxygens (including phenoxy) is 1. The van der Waals surface area contributed by atoms with Gasteiger partial charge in [0.05, 0.1) is 6.61 Å².